The van der Waals surface area contributed by atoms with Crippen LogP contribution in [0.4, 0.5) is 0 Å². The maximum atomic E-state index is 3.62. The predicted molar refractivity (Wildman–Crippen MR) is 68.7 cm³/mol. The molecule has 2 fully saturated rings. The van der Waals surface area contributed by atoms with Crippen molar-refractivity contribution in [3.63, 3.8) is 0 Å². The number of hydrogen-bond donors (Lipinski definition) is 1. The van der Waals surface area contributed by atoms with E-state index >= 15 is 0 Å². The van der Waals surface area contributed by atoms with Crippen molar-refractivity contribution in [2.45, 2.75) is 31.7 Å². The lowest BCUT2D eigenvalue weighted by atomic mass is 9.98. The van der Waals surface area contributed by atoms with E-state index in [1.807, 2.05) is 0 Å². The minimum atomic E-state index is 0.880. The summed E-state index contributed by atoms with van der Waals surface area (Å²) >= 11 is 0. The Morgan fingerprint density at radius 3 is 2.81 bits per heavy atom. The van der Waals surface area contributed by atoms with Gasteiger partial charge < -0.3 is 15.1 Å². The lowest BCUT2D eigenvalue weighted by Crippen LogP contribution is -2.39. The monoisotopic (exact) mass is 225 g/mol. The minimum absolute atomic E-state index is 0.880. The van der Waals surface area contributed by atoms with Crippen molar-refractivity contribution in [3.8, 4) is 0 Å². The Balaban J connectivity index is 1.50. The zero-order valence-electron chi connectivity index (χ0n) is 10.9. The Hall–Kier alpha value is -0.120. The molecule has 1 heterocycles. The molecule has 94 valence electrons. The van der Waals surface area contributed by atoms with E-state index in [9.17, 15) is 0 Å². The standard InChI is InChI=1S/C13H27N3/c1-15-8-3-4-12(11-15)10-14-7-9-16(2)13-5-6-13/h12-14H,3-11H2,1-2H3. The molecule has 0 aromatic rings. The van der Waals surface area contributed by atoms with Crippen LogP contribution in [0.3, 0.4) is 0 Å². The predicted octanol–water partition coefficient (Wildman–Crippen LogP) is 1.01. The van der Waals surface area contributed by atoms with Crippen LogP contribution in [0.15, 0.2) is 0 Å². The van der Waals surface area contributed by atoms with Crippen molar-refractivity contribution in [2.24, 2.45) is 5.92 Å². The van der Waals surface area contributed by atoms with Crippen molar-refractivity contribution < 1.29 is 0 Å². The van der Waals surface area contributed by atoms with E-state index in [4.69, 9.17) is 0 Å². The molecule has 0 radical (unpaired) electrons. The molecule has 16 heavy (non-hydrogen) atoms. The first-order chi connectivity index (χ1) is 7.75. The highest BCUT2D eigenvalue weighted by Crippen LogP contribution is 2.24. The lowest BCUT2D eigenvalue weighted by molar-refractivity contribution is 0.204. The average Bonchev–Trinajstić information content (AvgIpc) is 3.08. The molecule has 3 heteroatoms. The minimum Gasteiger partial charge on any atom is -0.315 e. The third kappa shape index (κ3) is 4.04. The van der Waals surface area contributed by atoms with Crippen LogP contribution in [0.25, 0.3) is 0 Å². The molecule has 1 unspecified atom stereocenters. The fourth-order valence-corrected chi connectivity index (χ4v) is 2.70. The molecule has 1 aliphatic heterocycles. The second-order valence-corrected chi connectivity index (χ2v) is 5.69. The number of likely N-dealkylation sites (tertiary alicyclic amines) is 1. The van der Waals surface area contributed by atoms with Crippen LogP contribution in [-0.2, 0) is 0 Å². The molecule has 0 amide bonds. The maximum absolute atomic E-state index is 3.62. The van der Waals surface area contributed by atoms with Gasteiger partial charge in [0, 0.05) is 25.7 Å². The molecule has 0 bridgehead atoms. The number of hydrogen-bond acceptors (Lipinski definition) is 3. The number of nitrogens with one attached hydrogen (secondary N) is 1. The molecule has 1 N–H and O–H groups in total. The van der Waals surface area contributed by atoms with Crippen molar-refractivity contribution in [1.82, 2.24) is 15.1 Å². The molecule has 1 saturated heterocycles. The van der Waals surface area contributed by atoms with Gasteiger partial charge in [-0.3, -0.25) is 0 Å². The van der Waals surface area contributed by atoms with E-state index in [-0.39, 0.29) is 0 Å². The van der Waals surface area contributed by atoms with Crippen LogP contribution in [0.5, 0.6) is 0 Å². The molecule has 1 saturated carbocycles. The number of piperidine rings is 1. The Morgan fingerprint density at radius 2 is 2.12 bits per heavy atom. The van der Waals surface area contributed by atoms with Crippen molar-refractivity contribution in [1.29, 1.82) is 0 Å². The van der Waals surface area contributed by atoms with Crippen LogP contribution in [0.1, 0.15) is 25.7 Å². The van der Waals surface area contributed by atoms with E-state index in [0.717, 1.165) is 18.5 Å². The third-order valence-electron chi connectivity index (χ3n) is 3.97. The van der Waals surface area contributed by atoms with Gasteiger partial charge in [-0.25, -0.2) is 0 Å². The Bertz CT molecular complexity index is 203. The topological polar surface area (TPSA) is 18.5 Å². The molecular formula is C13H27N3. The first-order valence-electron chi connectivity index (χ1n) is 6.85. The smallest absolute Gasteiger partial charge is 0.0107 e. The summed E-state index contributed by atoms with van der Waals surface area (Å²) < 4.78 is 0. The van der Waals surface area contributed by atoms with E-state index in [2.05, 4.69) is 29.2 Å². The molecule has 2 aliphatic rings. The van der Waals surface area contributed by atoms with Crippen LogP contribution in [-0.4, -0.2) is 62.7 Å². The second-order valence-electron chi connectivity index (χ2n) is 5.69. The van der Waals surface area contributed by atoms with Crippen LogP contribution in [0, 0.1) is 5.92 Å². The van der Waals surface area contributed by atoms with Crippen molar-refractivity contribution in [3.05, 3.63) is 0 Å². The largest absolute Gasteiger partial charge is 0.315 e. The van der Waals surface area contributed by atoms with Crippen molar-refractivity contribution >= 4 is 0 Å². The summed E-state index contributed by atoms with van der Waals surface area (Å²) in [6.45, 7) is 6.16. The number of nitrogens with zero attached hydrogens (tertiary/aromatic N) is 2. The number of rotatable bonds is 6. The van der Waals surface area contributed by atoms with E-state index < -0.39 is 0 Å². The van der Waals surface area contributed by atoms with E-state index in [1.54, 1.807) is 0 Å². The summed E-state index contributed by atoms with van der Waals surface area (Å²) in [5, 5.41) is 3.62. The van der Waals surface area contributed by atoms with Gasteiger partial charge in [0.15, 0.2) is 0 Å². The highest BCUT2D eigenvalue weighted by Gasteiger charge is 2.25. The first kappa shape index (κ1) is 12.3. The summed E-state index contributed by atoms with van der Waals surface area (Å²) in [6, 6.07) is 0.905. The highest BCUT2D eigenvalue weighted by molar-refractivity contribution is 4.82. The summed E-state index contributed by atoms with van der Waals surface area (Å²) in [5.74, 6) is 0.880. The molecule has 3 nitrogen and oxygen atoms in total. The zero-order valence-corrected chi connectivity index (χ0v) is 10.9. The van der Waals surface area contributed by atoms with Crippen LogP contribution >= 0.6 is 0 Å². The van der Waals surface area contributed by atoms with Gasteiger partial charge in [0.2, 0.25) is 0 Å². The fourth-order valence-electron chi connectivity index (χ4n) is 2.70. The fraction of sp³-hybridized carbons (Fsp3) is 1.00. The Labute approximate surface area is 100 Å². The zero-order chi connectivity index (χ0) is 11.4. The van der Waals surface area contributed by atoms with Gasteiger partial charge in [-0.2, -0.15) is 0 Å². The van der Waals surface area contributed by atoms with Gasteiger partial charge >= 0.3 is 0 Å². The molecule has 1 aliphatic carbocycles. The SMILES string of the molecule is CN1CCCC(CNCCN(C)C2CC2)C1. The van der Waals surface area contributed by atoms with Gasteiger partial charge in [0.05, 0.1) is 0 Å². The quantitative estimate of drug-likeness (QED) is 0.681. The summed E-state index contributed by atoms with van der Waals surface area (Å²) in [5.41, 5.74) is 0. The summed E-state index contributed by atoms with van der Waals surface area (Å²) in [4.78, 5) is 4.96. The molecule has 0 aromatic heterocycles. The van der Waals surface area contributed by atoms with Gasteiger partial charge in [0.1, 0.15) is 0 Å². The van der Waals surface area contributed by atoms with Crippen LogP contribution in [0.2, 0.25) is 0 Å². The Kier molecular flexibility index (Phi) is 4.62. The number of likely N-dealkylation sites (N-methyl/N-ethyl adjacent to an activating group) is 1. The van der Waals surface area contributed by atoms with Gasteiger partial charge in [-0.1, -0.05) is 0 Å². The van der Waals surface area contributed by atoms with Gasteiger partial charge in [-0.15, -0.1) is 0 Å². The van der Waals surface area contributed by atoms with Gasteiger partial charge in [0.25, 0.3) is 0 Å². The maximum Gasteiger partial charge on any atom is 0.0107 e. The summed E-state index contributed by atoms with van der Waals surface area (Å²) in [6.07, 6.45) is 5.63. The molecule has 2 rings (SSSR count). The van der Waals surface area contributed by atoms with Crippen molar-refractivity contribution in [2.75, 3.05) is 46.8 Å². The molecule has 0 spiro atoms. The third-order valence-corrected chi connectivity index (χ3v) is 3.97. The van der Waals surface area contributed by atoms with E-state index in [1.165, 1.54) is 51.9 Å². The second kappa shape index (κ2) is 5.99. The molecule has 1 atom stereocenters. The van der Waals surface area contributed by atoms with E-state index in [0.29, 0.717) is 0 Å². The molecule has 0 aromatic carbocycles. The Morgan fingerprint density at radius 1 is 1.31 bits per heavy atom. The normalized spacial score (nSPS) is 27.6. The van der Waals surface area contributed by atoms with Crippen LogP contribution < -0.4 is 5.32 Å². The summed E-state index contributed by atoms with van der Waals surface area (Å²) in [7, 11) is 4.50. The highest BCUT2D eigenvalue weighted by atomic mass is 15.2. The lowest BCUT2D eigenvalue weighted by Gasteiger charge is -2.30. The first-order valence-corrected chi connectivity index (χ1v) is 6.85. The van der Waals surface area contributed by atoms with Gasteiger partial charge in [-0.05, 0) is 58.8 Å². The average molecular weight is 225 g/mol. The molecular weight excluding hydrogens is 198 g/mol.